The van der Waals surface area contributed by atoms with Crippen molar-refractivity contribution in [2.75, 3.05) is 0 Å². The molecule has 0 aliphatic rings. The van der Waals surface area contributed by atoms with E-state index in [1.165, 1.54) is 12.1 Å². The van der Waals surface area contributed by atoms with E-state index in [4.69, 9.17) is 8.83 Å². The Hall–Kier alpha value is -3.66. The predicted molar refractivity (Wildman–Crippen MR) is 103 cm³/mol. The molecular formula is C23H13FO3. The molecule has 2 aromatic heterocycles. The van der Waals surface area contributed by atoms with Crippen molar-refractivity contribution >= 4 is 22.1 Å². The van der Waals surface area contributed by atoms with Crippen LogP contribution in [0.15, 0.2) is 92.5 Å². The van der Waals surface area contributed by atoms with Gasteiger partial charge in [-0.05, 0) is 29.8 Å². The van der Waals surface area contributed by atoms with Gasteiger partial charge in [0.15, 0.2) is 0 Å². The molecule has 0 unspecified atom stereocenters. The number of para-hydroxylation sites is 1. The average Bonchev–Trinajstić information content (AvgIpc) is 3.09. The van der Waals surface area contributed by atoms with Gasteiger partial charge in [-0.15, -0.1) is 0 Å². The van der Waals surface area contributed by atoms with E-state index in [-0.39, 0.29) is 17.0 Å². The Morgan fingerprint density at radius 2 is 1.41 bits per heavy atom. The van der Waals surface area contributed by atoms with Gasteiger partial charge in [-0.25, -0.2) is 4.39 Å². The highest BCUT2D eigenvalue weighted by Gasteiger charge is 2.23. The van der Waals surface area contributed by atoms with Crippen LogP contribution in [0.1, 0.15) is 0 Å². The van der Waals surface area contributed by atoms with Crippen LogP contribution in [0.5, 0.6) is 0 Å². The minimum Gasteiger partial charge on any atom is -0.425 e. The molecule has 0 fully saturated rings. The largest absolute Gasteiger partial charge is 0.425 e. The van der Waals surface area contributed by atoms with Crippen LogP contribution in [-0.4, -0.2) is 0 Å². The zero-order chi connectivity index (χ0) is 18.4. The fraction of sp³-hybridized carbons (Fsp3) is 0. The van der Waals surface area contributed by atoms with E-state index >= 15 is 0 Å². The lowest BCUT2D eigenvalue weighted by molar-refractivity contribution is 0.503. The quantitative estimate of drug-likeness (QED) is 0.389. The number of fused-ring (bicyclic) bond motifs is 2. The molecule has 0 atom stereocenters. The average molecular weight is 356 g/mol. The second kappa shape index (κ2) is 5.95. The van der Waals surface area contributed by atoms with Crippen LogP contribution in [0.2, 0.25) is 0 Å². The molecule has 0 saturated heterocycles. The molecule has 0 N–H and O–H groups in total. The van der Waals surface area contributed by atoms with Crippen LogP contribution in [0, 0.1) is 5.82 Å². The number of halogens is 1. The number of hydrogen-bond acceptors (Lipinski definition) is 3. The molecule has 0 amide bonds. The highest BCUT2D eigenvalue weighted by Crippen LogP contribution is 2.40. The van der Waals surface area contributed by atoms with Gasteiger partial charge in [0.25, 0.3) is 0 Å². The van der Waals surface area contributed by atoms with Gasteiger partial charge in [-0.3, -0.25) is 4.79 Å². The summed E-state index contributed by atoms with van der Waals surface area (Å²) in [5.41, 5.74) is 2.41. The number of rotatable bonds is 2. The summed E-state index contributed by atoms with van der Waals surface area (Å²) < 4.78 is 25.3. The van der Waals surface area contributed by atoms with Crippen LogP contribution >= 0.6 is 0 Å². The Balaban J connectivity index is 1.95. The van der Waals surface area contributed by atoms with E-state index in [0.717, 1.165) is 5.56 Å². The molecule has 0 spiro atoms. The van der Waals surface area contributed by atoms with Gasteiger partial charge in [0, 0.05) is 11.1 Å². The summed E-state index contributed by atoms with van der Waals surface area (Å²) in [7, 11) is 0. The minimum absolute atomic E-state index is 0.164. The summed E-state index contributed by atoms with van der Waals surface area (Å²) in [6.07, 6.45) is 0. The molecular weight excluding hydrogens is 343 g/mol. The Morgan fingerprint density at radius 1 is 0.704 bits per heavy atom. The van der Waals surface area contributed by atoms with Gasteiger partial charge in [0.1, 0.15) is 22.5 Å². The maximum atomic E-state index is 13.4. The Labute approximate surface area is 153 Å². The highest BCUT2D eigenvalue weighted by molar-refractivity contribution is 6.03. The van der Waals surface area contributed by atoms with Crippen molar-refractivity contribution in [3.05, 3.63) is 94.9 Å². The first kappa shape index (κ1) is 15.6. The molecule has 0 aliphatic heterocycles. The van der Waals surface area contributed by atoms with Crippen LogP contribution in [-0.2, 0) is 0 Å². The molecule has 0 aliphatic carbocycles. The number of benzene rings is 3. The van der Waals surface area contributed by atoms with Gasteiger partial charge < -0.3 is 8.83 Å². The van der Waals surface area contributed by atoms with Crippen molar-refractivity contribution in [1.29, 1.82) is 0 Å². The summed E-state index contributed by atoms with van der Waals surface area (Å²) in [4.78, 5) is 13.2. The molecule has 0 radical (unpaired) electrons. The first-order chi connectivity index (χ1) is 13.2. The van der Waals surface area contributed by atoms with Crippen molar-refractivity contribution in [2.24, 2.45) is 0 Å². The van der Waals surface area contributed by atoms with Crippen molar-refractivity contribution in [3.63, 3.8) is 0 Å². The molecule has 130 valence electrons. The smallest absolute Gasteiger partial charge is 0.302 e. The molecule has 2 heterocycles. The number of hydrogen-bond donors (Lipinski definition) is 0. The zero-order valence-corrected chi connectivity index (χ0v) is 14.1. The third-order valence-corrected chi connectivity index (χ3v) is 4.61. The molecule has 5 aromatic rings. The summed E-state index contributed by atoms with van der Waals surface area (Å²) in [6, 6.07) is 22.6. The summed E-state index contributed by atoms with van der Waals surface area (Å²) in [5, 5.41) is 0.841. The fourth-order valence-corrected chi connectivity index (χ4v) is 3.35. The molecule has 3 nitrogen and oxygen atoms in total. The molecule has 5 rings (SSSR count). The predicted octanol–water partition coefficient (Wildman–Crippen LogP) is 6.01. The van der Waals surface area contributed by atoms with E-state index in [0.29, 0.717) is 33.2 Å². The van der Waals surface area contributed by atoms with Gasteiger partial charge in [-0.2, -0.15) is 0 Å². The van der Waals surface area contributed by atoms with Crippen LogP contribution in [0.4, 0.5) is 4.39 Å². The third-order valence-electron chi connectivity index (χ3n) is 4.61. The second-order valence-electron chi connectivity index (χ2n) is 6.27. The molecule has 0 bridgehead atoms. The first-order valence-electron chi connectivity index (χ1n) is 8.52. The zero-order valence-electron chi connectivity index (χ0n) is 14.1. The topological polar surface area (TPSA) is 43.4 Å². The second-order valence-corrected chi connectivity index (χ2v) is 6.27. The van der Waals surface area contributed by atoms with Crippen molar-refractivity contribution < 1.29 is 13.2 Å². The lowest BCUT2D eigenvalue weighted by Crippen LogP contribution is -2.01. The monoisotopic (exact) mass is 356 g/mol. The fourth-order valence-electron chi connectivity index (χ4n) is 3.35. The lowest BCUT2D eigenvalue weighted by atomic mass is 9.98. The van der Waals surface area contributed by atoms with E-state index < -0.39 is 0 Å². The standard InChI is InChI=1S/C23H13FO3/c24-16-12-10-14(11-13-16)19-20-21(25)17-8-4-5-9-18(17)26-23(20)27-22(19)15-6-2-1-3-7-15/h1-13H. The molecule has 0 saturated carbocycles. The van der Waals surface area contributed by atoms with Gasteiger partial charge >= 0.3 is 5.78 Å². The van der Waals surface area contributed by atoms with Crippen LogP contribution in [0.25, 0.3) is 44.6 Å². The van der Waals surface area contributed by atoms with Gasteiger partial charge in [0.2, 0.25) is 5.43 Å². The molecule has 27 heavy (non-hydrogen) atoms. The minimum atomic E-state index is -0.342. The molecule has 4 heteroatoms. The summed E-state index contributed by atoms with van der Waals surface area (Å²) >= 11 is 0. The highest BCUT2D eigenvalue weighted by atomic mass is 19.1. The first-order valence-corrected chi connectivity index (χ1v) is 8.52. The third kappa shape index (κ3) is 2.46. The Bertz CT molecular complexity index is 1330. The maximum Gasteiger partial charge on any atom is 0.302 e. The Morgan fingerprint density at radius 3 is 2.19 bits per heavy atom. The van der Waals surface area contributed by atoms with Crippen LogP contribution in [0.3, 0.4) is 0 Å². The van der Waals surface area contributed by atoms with E-state index in [2.05, 4.69) is 0 Å². The van der Waals surface area contributed by atoms with E-state index in [1.54, 1.807) is 36.4 Å². The lowest BCUT2D eigenvalue weighted by Gasteiger charge is -2.03. The maximum absolute atomic E-state index is 13.4. The summed E-state index contributed by atoms with van der Waals surface area (Å²) in [6.45, 7) is 0. The normalized spacial score (nSPS) is 11.3. The van der Waals surface area contributed by atoms with Crippen molar-refractivity contribution in [2.45, 2.75) is 0 Å². The summed E-state index contributed by atoms with van der Waals surface area (Å²) in [5.74, 6) is 0.343. The van der Waals surface area contributed by atoms with E-state index in [1.807, 2.05) is 30.3 Å². The van der Waals surface area contributed by atoms with E-state index in [9.17, 15) is 9.18 Å². The number of furan rings is 1. The SMILES string of the molecule is O=c1c2ccccc2oc2oc(-c3ccccc3)c(-c3ccc(F)cc3)c12. The van der Waals surface area contributed by atoms with Crippen molar-refractivity contribution in [1.82, 2.24) is 0 Å². The van der Waals surface area contributed by atoms with Gasteiger partial charge in [-0.1, -0.05) is 54.6 Å². The van der Waals surface area contributed by atoms with Crippen LogP contribution < -0.4 is 5.43 Å². The van der Waals surface area contributed by atoms with Crippen molar-refractivity contribution in [3.8, 4) is 22.5 Å². The molecule has 3 aromatic carbocycles. The van der Waals surface area contributed by atoms with Gasteiger partial charge in [0.05, 0.1) is 5.39 Å². The Kier molecular flexibility index (Phi) is 3.44.